The summed E-state index contributed by atoms with van der Waals surface area (Å²) < 4.78 is 14.0. The van der Waals surface area contributed by atoms with Gasteiger partial charge in [-0.25, -0.2) is 4.39 Å². The highest BCUT2D eigenvalue weighted by atomic mass is 19.1. The van der Waals surface area contributed by atoms with Crippen LogP contribution in [0.1, 0.15) is 44.7 Å². The lowest BCUT2D eigenvalue weighted by Gasteiger charge is -2.31. The molecule has 0 aromatic heterocycles. The number of aromatic hydroxyl groups is 1. The fourth-order valence-corrected chi connectivity index (χ4v) is 2.98. The maximum Gasteiger partial charge on any atom is 0.131 e. The highest BCUT2D eigenvalue weighted by Crippen LogP contribution is 2.26. The molecule has 1 aliphatic rings. The average molecular weight is 280 g/mol. The van der Waals surface area contributed by atoms with Gasteiger partial charge in [0, 0.05) is 30.3 Å². The lowest BCUT2D eigenvalue weighted by Crippen LogP contribution is -2.39. The van der Waals surface area contributed by atoms with Crippen LogP contribution in [0.4, 0.5) is 4.39 Å². The molecule has 2 N–H and O–H groups in total. The average Bonchev–Trinajstić information content (AvgIpc) is 2.90. The molecule has 1 aliphatic heterocycles. The fraction of sp³-hybridized carbons (Fsp3) is 0.625. The van der Waals surface area contributed by atoms with Gasteiger partial charge in [0.15, 0.2) is 0 Å². The van der Waals surface area contributed by atoms with Crippen molar-refractivity contribution >= 4 is 0 Å². The standard InChI is InChI=1S/C16H25FN2O/c1-3-9-19(11-13-5-4-8-18-13)12(2)15-7-6-14(20)10-16(15)17/h6-7,10,12-13,18,20H,3-5,8-9,11H2,1-2H3. The third kappa shape index (κ3) is 3.70. The summed E-state index contributed by atoms with van der Waals surface area (Å²) in [5.74, 6) is -0.337. The van der Waals surface area contributed by atoms with Crippen LogP contribution in [0.3, 0.4) is 0 Å². The molecule has 2 atom stereocenters. The second kappa shape index (κ2) is 7.04. The number of phenolic OH excluding ortho intramolecular Hbond substituents is 1. The van der Waals surface area contributed by atoms with Crippen LogP contribution >= 0.6 is 0 Å². The number of hydrogen-bond donors (Lipinski definition) is 2. The van der Waals surface area contributed by atoms with Gasteiger partial charge in [-0.05, 0) is 45.3 Å². The topological polar surface area (TPSA) is 35.5 Å². The van der Waals surface area contributed by atoms with Gasteiger partial charge in [-0.3, -0.25) is 4.90 Å². The molecule has 1 heterocycles. The van der Waals surface area contributed by atoms with E-state index >= 15 is 0 Å². The monoisotopic (exact) mass is 280 g/mol. The van der Waals surface area contributed by atoms with E-state index < -0.39 is 0 Å². The molecule has 1 aromatic carbocycles. The van der Waals surface area contributed by atoms with Crippen molar-refractivity contribution in [3.8, 4) is 5.75 Å². The van der Waals surface area contributed by atoms with E-state index in [1.165, 1.54) is 18.9 Å². The quantitative estimate of drug-likeness (QED) is 0.840. The van der Waals surface area contributed by atoms with E-state index in [9.17, 15) is 9.50 Å². The summed E-state index contributed by atoms with van der Waals surface area (Å²) in [5.41, 5.74) is 0.661. The Kier molecular flexibility index (Phi) is 5.38. The Morgan fingerprint density at radius 3 is 2.90 bits per heavy atom. The molecular weight excluding hydrogens is 255 g/mol. The number of hydrogen-bond acceptors (Lipinski definition) is 3. The first-order chi connectivity index (χ1) is 9.61. The Labute approximate surface area is 120 Å². The largest absolute Gasteiger partial charge is 0.508 e. The van der Waals surface area contributed by atoms with Crippen molar-refractivity contribution in [2.45, 2.75) is 45.2 Å². The van der Waals surface area contributed by atoms with Crippen molar-refractivity contribution in [2.75, 3.05) is 19.6 Å². The summed E-state index contributed by atoms with van der Waals surface area (Å²) in [4.78, 5) is 2.33. The van der Waals surface area contributed by atoms with Crippen LogP contribution in [0.15, 0.2) is 18.2 Å². The van der Waals surface area contributed by atoms with Gasteiger partial charge in [-0.1, -0.05) is 13.0 Å². The summed E-state index contributed by atoms with van der Waals surface area (Å²) in [6.45, 7) is 7.19. The molecule has 2 unspecified atom stereocenters. The second-order valence-corrected chi connectivity index (χ2v) is 5.67. The number of benzene rings is 1. The normalized spacial score (nSPS) is 20.5. The molecule has 1 fully saturated rings. The zero-order valence-electron chi connectivity index (χ0n) is 12.4. The second-order valence-electron chi connectivity index (χ2n) is 5.67. The summed E-state index contributed by atoms with van der Waals surface area (Å²) in [6.07, 6.45) is 3.48. The molecule has 3 nitrogen and oxygen atoms in total. The molecule has 0 bridgehead atoms. The van der Waals surface area contributed by atoms with E-state index in [1.54, 1.807) is 12.1 Å². The third-order valence-corrected chi connectivity index (χ3v) is 4.11. The van der Waals surface area contributed by atoms with Gasteiger partial charge >= 0.3 is 0 Å². The van der Waals surface area contributed by atoms with Crippen molar-refractivity contribution in [2.24, 2.45) is 0 Å². The molecule has 2 rings (SSSR count). The van der Waals surface area contributed by atoms with Crippen molar-refractivity contribution in [1.29, 1.82) is 0 Å². The van der Waals surface area contributed by atoms with Gasteiger partial charge in [0.25, 0.3) is 0 Å². The predicted octanol–water partition coefficient (Wildman–Crippen LogP) is 3.06. The van der Waals surface area contributed by atoms with E-state index in [0.717, 1.165) is 26.1 Å². The molecule has 0 aliphatic carbocycles. The molecule has 0 saturated carbocycles. The first kappa shape index (κ1) is 15.3. The lowest BCUT2D eigenvalue weighted by atomic mass is 10.0. The van der Waals surface area contributed by atoms with E-state index in [-0.39, 0.29) is 17.6 Å². The van der Waals surface area contributed by atoms with E-state index in [2.05, 4.69) is 17.1 Å². The van der Waals surface area contributed by atoms with Gasteiger partial charge in [0.05, 0.1) is 0 Å². The van der Waals surface area contributed by atoms with Crippen LogP contribution in [0, 0.1) is 5.82 Å². The molecule has 112 valence electrons. The van der Waals surface area contributed by atoms with E-state index in [4.69, 9.17) is 0 Å². The number of halogens is 1. The minimum atomic E-state index is -0.321. The molecular formula is C16H25FN2O. The van der Waals surface area contributed by atoms with Crippen LogP contribution in [-0.2, 0) is 0 Å². The zero-order valence-corrected chi connectivity index (χ0v) is 12.4. The maximum absolute atomic E-state index is 14.0. The SMILES string of the molecule is CCCN(CC1CCCN1)C(C)c1ccc(O)cc1F. The van der Waals surface area contributed by atoms with Crippen LogP contribution in [0.25, 0.3) is 0 Å². The third-order valence-electron chi connectivity index (χ3n) is 4.11. The number of phenols is 1. The van der Waals surface area contributed by atoms with Gasteiger partial charge in [-0.15, -0.1) is 0 Å². The minimum Gasteiger partial charge on any atom is -0.508 e. The first-order valence-corrected chi connectivity index (χ1v) is 7.57. The van der Waals surface area contributed by atoms with E-state index in [1.807, 2.05) is 6.92 Å². The minimum absolute atomic E-state index is 0.0158. The van der Waals surface area contributed by atoms with E-state index in [0.29, 0.717) is 11.6 Å². The van der Waals surface area contributed by atoms with Crippen molar-refractivity contribution < 1.29 is 9.50 Å². The molecule has 20 heavy (non-hydrogen) atoms. The molecule has 0 radical (unpaired) electrons. The smallest absolute Gasteiger partial charge is 0.131 e. The van der Waals surface area contributed by atoms with Crippen LogP contribution in [0.5, 0.6) is 5.75 Å². The molecule has 0 spiro atoms. The van der Waals surface area contributed by atoms with Gasteiger partial charge in [-0.2, -0.15) is 0 Å². The predicted molar refractivity (Wildman–Crippen MR) is 79.4 cm³/mol. The van der Waals surface area contributed by atoms with Gasteiger partial charge < -0.3 is 10.4 Å². The molecule has 4 heteroatoms. The van der Waals surface area contributed by atoms with Crippen LogP contribution < -0.4 is 5.32 Å². The van der Waals surface area contributed by atoms with Crippen LogP contribution in [0.2, 0.25) is 0 Å². The number of rotatable bonds is 6. The van der Waals surface area contributed by atoms with Crippen LogP contribution in [-0.4, -0.2) is 35.7 Å². The highest BCUT2D eigenvalue weighted by molar-refractivity contribution is 5.29. The Balaban J connectivity index is 2.10. The summed E-state index contributed by atoms with van der Waals surface area (Å²) in [7, 11) is 0. The van der Waals surface area contributed by atoms with Gasteiger partial charge in [0.2, 0.25) is 0 Å². The highest BCUT2D eigenvalue weighted by Gasteiger charge is 2.23. The Bertz CT molecular complexity index is 432. The number of nitrogens with one attached hydrogen (secondary N) is 1. The number of nitrogens with zero attached hydrogens (tertiary/aromatic N) is 1. The zero-order chi connectivity index (χ0) is 14.5. The summed E-state index contributed by atoms with van der Waals surface area (Å²) in [6, 6.07) is 5.00. The molecule has 0 amide bonds. The van der Waals surface area contributed by atoms with Crippen molar-refractivity contribution in [3.63, 3.8) is 0 Å². The van der Waals surface area contributed by atoms with Crippen molar-refractivity contribution in [1.82, 2.24) is 10.2 Å². The summed E-state index contributed by atoms with van der Waals surface area (Å²) >= 11 is 0. The summed E-state index contributed by atoms with van der Waals surface area (Å²) in [5, 5.41) is 12.8. The lowest BCUT2D eigenvalue weighted by molar-refractivity contribution is 0.189. The van der Waals surface area contributed by atoms with Gasteiger partial charge in [0.1, 0.15) is 11.6 Å². The Hall–Kier alpha value is -1.13. The first-order valence-electron chi connectivity index (χ1n) is 7.57. The Morgan fingerprint density at radius 2 is 2.30 bits per heavy atom. The van der Waals surface area contributed by atoms with Crippen molar-refractivity contribution in [3.05, 3.63) is 29.6 Å². The molecule has 1 aromatic rings. The Morgan fingerprint density at radius 1 is 1.50 bits per heavy atom. The maximum atomic E-state index is 14.0. The molecule has 1 saturated heterocycles. The fourth-order valence-electron chi connectivity index (χ4n) is 2.98.